The van der Waals surface area contributed by atoms with E-state index in [0.717, 1.165) is 72.0 Å². The molecule has 3 aromatic heterocycles. The molecule has 2 saturated heterocycles. The molecule has 0 bridgehead atoms. The lowest BCUT2D eigenvalue weighted by Crippen LogP contribution is -2.51. The van der Waals surface area contributed by atoms with E-state index in [9.17, 15) is 0 Å². The Labute approximate surface area is 187 Å². The summed E-state index contributed by atoms with van der Waals surface area (Å²) in [7, 11) is 2.01. The standard InChI is InChI=1S/C24H29N7O/c1-15-20(17-4-5-19-18(12-17)27-14-29(19)3)22-26-8-11-31(22)23(28-15)30-9-6-24(7-10-30)13-32-16(2)21(24)25/h4-5,8,11-12,14,16,21H,6-7,9-10,13,25H2,1-3H3/t16-,21+/m0/s1. The summed E-state index contributed by atoms with van der Waals surface area (Å²) < 4.78 is 10.0. The van der Waals surface area contributed by atoms with Crippen LogP contribution in [0.3, 0.4) is 0 Å². The van der Waals surface area contributed by atoms with E-state index in [-0.39, 0.29) is 17.6 Å². The van der Waals surface area contributed by atoms with Gasteiger partial charge in [-0.05, 0) is 44.4 Å². The molecule has 2 N–H and O–H groups in total. The van der Waals surface area contributed by atoms with Crippen molar-refractivity contribution >= 4 is 22.6 Å². The minimum Gasteiger partial charge on any atom is -0.376 e. The lowest BCUT2D eigenvalue weighted by Gasteiger charge is -2.41. The van der Waals surface area contributed by atoms with Gasteiger partial charge in [-0.2, -0.15) is 0 Å². The molecule has 0 unspecified atom stereocenters. The maximum absolute atomic E-state index is 6.51. The second-order valence-corrected chi connectivity index (χ2v) is 9.44. The highest BCUT2D eigenvalue weighted by atomic mass is 16.5. The molecule has 6 rings (SSSR count). The third-order valence-electron chi connectivity index (χ3n) is 7.61. The van der Waals surface area contributed by atoms with Crippen molar-refractivity contribution in [1.82, 2.24) is 23.9 Å². The van der Waals surface area contributed by atoms with Gasteiger partial charge in [0, 0.05) is 49.6 Å². The Balaban J connectivity index is 1.37. The molecule has 4 aromatic rings. The molecule has 0 radical (unpaired) electrons. The summed E-state index contributed by atoms with van der Waals surface area (Å²) in [5.74, 6) is 0.952. The van der Waals surface area contributed by atoms with Gasteiger partial charge in [-0.15, -0.1) is 0 Å². The number of piperidine rings is 1. The molecule has 0 aliphatic carbocycles. The fourth-order valence-corrected chi connectivity index (χ4v) is 5.55. The largest absolute Gasteiger partial charge is 0.376 e. The van der Waals surface area contributed by atoms with Crippen LogP contribution in [0.25, 0.3) is 27.8 Å². The lowest BCUT2D eigenvalue weighted by molar-refractivity contribution is 0.0973. The molecule has 1 spiro atoms. The van der Waals surface area contributed by atoms with Gasteiger partial charge in [0.1, 0.15) is 5.65 Å². The summed E-state index contributed by atoms with van der Waals surface area (Å²) in [5, 5.41) is 0. The molecule has 2 fully saturated rings. The van der Waals surface area contributed by atoms with Gasteiger partial charge in [-0.1, -0.05) is 6.07 Å². The van der Waals surface area contributed by atoms with Crippen molar-refractivity contribution in [3.63, 3.8) is 0 Å². The molecule has 2 atom stereocenters. The highest BCUT2D eigenvalue weighted by molar-refractivity contribution is 5.87. The van der Waals surface area contributed by atoms with Crippen molar-refractivity contribution in [2.75, 3.05) is 24.6 Å². The summed E-state index contributed by atoms with van der Waals surface area (Å²) in [5.41, 5.74) is 12.7. The van der Waals surface area contributed by atoms with E-state index >= 15 is 0 Å². The monoisotopic (exact) mass is 431 g/mol. The van der Waals surface area contributed by atoms with Crippen LogP contribution >= 0.6 is 0 Å². The Morgan fingerprint density at radius 2 is 2.00 bits per heavy atom. The molecule has 0 amide bonds. The first-order chi connectivity index (χ1) is 15.5. The first kappa shape index (κ1) is 19.7. The molecule has 5 heterocycles. The maximum Gasteiger partial charge on any atom is 0.211 e. The molecule has 0 saturated carbocycles. The second-order valence-electron chi connectivity index (χ2n) is 9.44. The zero-order chi connectivity index (χ0) is 22.0. The van der Waals surface area contributed by atoms with Crippen LogP contribution in [-0.4, -0.2) is 55.8 Å². The van der Waals surface area contributed by atoms with Crippen LogP contribution in [0.1, 0.15) is 25.5 Å². The zero-order valence-corrected chi connectivity index (χ0v) is 18.8. The number of nitrogens with zero attached hydrogens (tertiary/aromatic N) is 6. The molecule has 2 aliphatic heterocycles. The number of hydrogen-bond acceptors (Lipinski definition) is 6. The quantitative estimate of drug-likeness (QED) is 0.525. The van der Waals surface area contributed by atoms with Crippen LogP contribution in [0.5, 0.6) is 0 Å². The predicted molar refractivity (Wildman–Crippen MR) is 125 cm³/mol. The zero-order valence-electron chi connectivity index (χ0n) is 18.8. The summed E-state index contributed by atoms with van der Waals surface area (Å²) >= 11 is 0. The third-order valence-corrected chi connectivity index (χ3v) is 7.61. The first-order valence-electron chi connectivity index (χ1n) is 11.3. The average molecular weight is 432 g/mol. The number of nitrogens with two attached hydrogens (primary N) is 1. The van der Waals surface area contributed by atoms with Crippen LogP contribution in [0.2, 0.25) is 0 Å². The van der Waals surface area contributed by atoms with Crippen molar-refractivity contribution in [3.05, 3.63) is 42.6 Å². The van der Waals surface area contributed by atoms with Gasteiger partial charge in [-0.25, -0.2) is 15.0 Å². The Morgan fingerprint density at radius 3 is 2.75 bits per heavy atom. The lowest BCUT2D eigenvalue weighted by atomic mass is 9.73. The van der Waals surface area contributed by atoms with Gasteiger partial charge in [0.25, 0.3) is 0 Å². The topological polar surface area (TPSA) is 86.5 Å². The second kappa shape index (κ2) is 7.02. The van der Waals surface area contributed by atoms with Crippen LogP contribution in [0.4, 0.5) is 5.95 Å². The van der Waals surface area contributed by atoms with E-state index in [1.165, 1.54) is 0 Å². The van der Waals surface area contributed by atoms with E-state index < -0.39 is 0 Å². The fourth-order valence-electron chi connectivity index (χ4n) is 5.55. The number of ether oxygens (including phenoxy) is 1. The number of benzene rings is 1. The Kier molecular flexibility index (Phi) is 4.32. The van der Waals surface area contributed by atoms with Crippen molar-refractivity contribution in [1.29, 1.82) is 0 Å². The number of imidazole rings is 2. The molecule has 32 heavy (non-hydrogen) atoms. The molecule has 2 aliphatic rings. The minimum atomic E-state index is 0.0943. The van der Waals surface area contributed by atoms with E-state index in [1.54, 1.807) is 0 Å². The van der Waals surface area contributed by atoms with E-state index in [4.69, 9.17) is 20.4 Å². The summed E-state index contributed by atoms with van der Waals surface area (Å²) in [6.45, 7) is 6.77. The van der Waals surface area contributed by atoms with Crippen molar-refractivity contribution in [3.8, 4) is 11.1 Å². The molecule has 1 aromatic carbocycles. The number of rotatable bonds is 2. The van der Waals surface area contributed by atoms with Crippen LogP contribution in [0, 0.1) is 12.3 Å². The number of hydrogen-bond donors (Lipinski definition) is 1. The van der Waals surface area contributed by atoms with Crippen molar-refractivity contribution in [2.24, 2.45) is 18.2 Å². The third kappa shape index (κ3) is 2.79. The van der Waals surface area contributed by atoms with E-state index in [0.29, 0.717) is 0 Å². The summed E-state index contributed by atoms with van der Waals surface area (Å²) in [6, 6.07) is 6.48. The number of aryl methyl sites for hydroxylation is 2. The molecular weight excluding hydrogens is 402 g/mol. The number of anilines is 1. The normalized spacial score (nSPS) is 23.1. The Morgan fingerprint density at radius 1 is 1.19 bits per heavy atom. The van der Waals surface area contributed by atoms with Gasteiger partial charge in [0.2, 0.25) is 5.95 Å². The molecular formula is C24H29N7O. The smallest absolute Gasteiger partial charge is 0.211 e. The predicted octanol–water partition coefficient (Wildman–Crippen LogP) is 2.92. The minimum absolute atomic E-state index is 0.0943. The first-order valence-corrected chi connectivity index (χ1v) is 11.3. The van der Waals surface area contributed by atoms with Gasteiger partial charge in [0.15, 0.2) is 0 Å². The fraction of sp³-hybridized carbons (Fsp3) is 0.458. The van der Waals surface area contributed by atoms with E-state index in [1.807, 2.05) is 30.3 Å². The van der Waals surface area contributed by atoms with Crippen molar-refractivity contribution in [2.45, 2.75) is 38.8 Å². The Hall–Kier alpha value is -2.97. The van der Waals surface area contributed by atoms with Crippen LogP contribution in [-0.2, 0) is 11.8 Å². The molecule has 166 valence electrons. The van der Waals surface area contributed by atoms with Gasteiger partial charge in [0.05, 0.1) is 35.8 Å². The van der Waals surface area contributed by atoms with Crippen LogP contribution in [0.15, 0.2) is 36.9 Å². The highest BCUT2D eigenvalue weighted by Crippen LogP contribution is 2.42. The number of fused-ring (bicyclic) bond motifs is 2. The van der Waals surface area contributed by atoms with Crippen molar-refractivity contribution < 1.29 is 4.74 Å². The number of aromatic nitrogens is 5. The summed E-state index contributed by atoms with van der Waals surface area (Å²) in [4.78, 5) is 16.7. The van der Waals surface area contributed by atoms with Gasteiger partial charge < -0.3 is 19.9 Å². The van der Waals surface area contributed by atoms with Crippen LogP contribution < -0.4 is 10.6 Å². The van der Waals surface area contributed by atoms with Gasteiger partial charge in [-0.3, -0.25) is 4.40 Å². The molecule has 8 nitrogen and oxygen atoms in total. The maximum atomic E-state index is 6.51. The molecule has 8 heteroatoms. The van der Waals surface area contributed by atoms with Gasteiger partial charge >= 0.3 is 0 Å². The van der Waals surface area contributed by atoms with E-state index in [2.05, 4.69) is 46.3 Å². The highest BCUT2D eigenvalue weighted by Gasteiger charge is 2.47. The Bertz CT molecular complexity index is 1310. The summed E-state index contributed by atoms with van der Waals surface area (Å²) in [6.07, 6.45) is 7.89. The average Bonchev–Trinajstić information content (AvgIpc) is 3.49. The SMILES string of the molecule is Cc1nc(N2CCC3(CC2)CO[C@@H](C)[C@H]3N)n2ccnc2c1-c1ccc2c(c1)ncn2C.